The van der Waals surface area contributed by atoms with Gasteiger partial charge >= 0.3 is 0 Å². The van der Waals surface area contributed by atoms with Gasteiger partial charge in [0.25, 0.3) is 5.91 Å². The van der Waals surface area contributed by atoms with Crippen LogP contribution in [0.25, 0.3) is 10.9 Å². The van der Waals surface area contributed by atoms with Crippen molar-refractivity contribution in [2.45, 2.75) is 6.42 Å². The number of nitrogens with one attached hydrogen (secondary N) is 2. The molecular weight excluding hydrogens is 318 g/mol. The van der Waals surface area contributed by atoms with Crippen LogP contribution < -0.4 is 5.32 Å². The summed E-state index contributed by atoms with van der Waals surface area (Å²) in [6.07, 6.45) is 2.64. The summed E-state index contributed by atoms with van der Waals surface area (Å²) < 4.78 is 0. The fourth-order valence-corrected chi connectivity index (χ4v) is 3.45. The molecule has 118 valence electrons. The van der Waals surface area contributed by atoms with E-state index in [1.165, 1.54) is 16.9 Å². The summed E-state index contributed by atoms with van der Waals surface area (Å²) in [5, 5.41) is 4.50. The summed E-state index contributed by atoms with van der Waals surface area (Å²) in [7, 11) is 0. The number of carbonyl (C=O) groups excluding carboxylic acids is 1. The number of amides is 1. The summed E-state index contributed by atoms with van der Waals surface area (Å²) >= 11 is 1.50. The highest BCUT2D eigenvalue weighted by Gasteiger charge is 2.12. The van der Waals surface area contributed by atoms with E-state index in [0.29, 0.717) is 10.8 Å². The smallest absolute Gasteiger partial charge is 0.273 e. The molecule has 2 aromatic carbocycles. The Balaban J connectivity index is 1.48. The Bertz CT molecular complexity index is 955. The SMILES string of the molecule is O=C(Nc1ncc(Cc2ccccc2)s1)c1cc2ccccc2[nH]1. The normalized spacial score (nSPS) is 10.8. The van der Waals surface area contributed by atoms with Crippen molar-refractivity contribution in [1.82, 2.24) is 9.97 Å². The number of fused-ring (bicyclic) bond motifs is 1. The standard InChI is InChI=1S/C19H15N3OS/c23-18(17-11-14-8-4-5-9-16(14)21-17)22-19-20-12-15(24-19)10-13-6-2-1-3-7-13/h1-9,11-12,21H,10H2,(H,20,22,23). The molecule has 5 heteroatoms. The Morgan fingerprint density at radius 3 is 2.71 bits per heavy atom. The number of aromatic nitrogens is 2. The molecule has 0 atom stereocenters. The van der Waals surface area contributed by atoms with Gasteiger partial charge in [0.15, 0.2) is 5.13 Å². The molecule has 0 aliphatic rings. The zero-order chi connectivity index (χ0) is 16.4. The van der Waals surface area contributed by atoms with E-state index in [0.717, 1.165) is 22.2 Å². The van der Waals surface area contributed by atoms with Gasteiger partial charge < -0.3 is 4.98 Å². The fraction of sp³-hybridized carbons (Fsp3) is 0.0526. The molecule has 2 heterocycles. The molecule has 0 radical (unpaired) electrons. The number of carbonyl (C=O) groups is 1. The fourth-order valence-electron chi connectivity index (χ4n) is 2.60. The second-order valence-corrected chi connectivity index (χ2v) is 6.63. The highest BCUT2D eigenvalue weighted by atomic mass is 32.1. The predicted molar refractivity (Wildman–Crippen MR) is 97.6 cm³/mol. The van der Waals surface area contributed by atoms with E-state index in [4.69, 9.17) is 0 Å². The lowest BCUT2D eigenvalue weighted by molar-refractivity contribution is 0.102. The molecule has 24 heavy (non-hydrogen) atoms. The number of rotatable bonds is 4. The van der Waals surface area contributed by atoms with Gasteiger partial charge in [0, 0.05) is 28.4 Å². The maximum absolute atomic E-state index is 12.4. The van der Waals surface area contributed by atoms with Gasteiger partial charge in [-0.2, -0.15) is 0 Å². The third kappa shape index (κ3) is 3.07. The minimum absolute atomic E-state index is 0.174. The Morgan fingerprint density at radius 1 is 1.08 bits per heavy atom. The molecular formula is C19H15N3OS. The summed E-state index contributed by atoms with van der Waals surface area (Å²) in [6.45, 7) is 0. The van der Waals surface area contributed by atoms with E-state index in [1.54, 1.807) is 0 Å². The van der Waals surface area contributed by atoms with Gasteiger partial charge in [0.05, 0.1) is 0 Å². The van der Waals surface area contributed by atoms with Gasteiger partial charge in [-0.15, -0.1) is 11.3 Å². The van der Waals surface area contributed by atoms with E-state index < -0.39 is 0 Å². The van der Waals surface area contributed by atoms with E-state index >= 15 is 0 Å². The van der Waals surface area contributed by atoms with E-state index in [-0.39, 0.29) is 5.91 Å². The Hall–Kier alpha value is -2.92. The van der Waals surface area contributed by atoms with Crippen molar-refractivity contribution in [3.63, 3.8) is 0 Å². The number of hydrogen-bond donors (Lipinski definition) is 2. The van der Waals surface area contributed by atoms with Gasteiger partial charge in [0.2, 0.25) is 0 Å². The Kier molecular flexibility index (Phi) is 3.84. The van der Waals surface area contributed by atoms with E-state index in [2.05, 4.69) is 27.4 Å². The first kappa shape index (κ1) is 14.7. The van der Waals surface area contributed by atoms with Crippen LogP contribution in [0.5, 0.6) is 0 Å². The van der Waals surface area contributed by atoms with Gasteiger partial charge in [-0.1, -0.05) is 48.5 Å². The molecule has 0 fully saturated rings. The van der Waals surface area contributed by atoms with E-state index in [1.807, 2.05) is 54.7 Å². The average molecular weight is 333 g/mol. The Labute approximate surface area is 143 Å². The second-order valence-electron chi connectivity index (χ2n) is 5.52. The minimum Gasteiger partial charge on any atom is -0.351 e. The summed E-state index contributed by atoms with van der Waals surface area (Å²) in [6, 6.07) is 19.9. The van der Waals surface area contributed by atoms with Crippen molar-refractivity contribution in [2.24, 2.45) is 0 Å². The number of anilines is 1. The van der Waals surface area contributed by atoms with Crippen LogP contribution in [0.15, 0.2) is 66.9 Å². The van der Waals surface area contributed by atoms with Gasteiger partial charge in [-0.05, 0) is 17.7 Å². The molecule has 0 aliphatic heterocycles. The summed E-state index contributed by atoms with van der Waals surface area (Å²) in [4.78, 5) is 20.9. The van der Waals surface area contributed by atoms with Crippen LogP contribution in [0.4, 0.5) is 5.13 Å². The Morgan fingerprint density at radius 2 is 1.88 bits per heavy atom. The number of nitrogens with zero attached hydrogens (tertiary/aromatic N) is 1. The van der Waals surface area contributed by atoms with Crippen LogP contribution in [-0.2, 0) is 6.42 Å². The van der Waals surface area contributed by atoms with Crippen LogP contribution in [0.1, 0.15) is 20.9 Å². The summed E-state index contributed by atoms with van der Waals surface area (Å²) in [5.74, 6) is -0.174. The molecule has 0 spiro atoms. The number of thiazole rings is 1. The number of H-pyrrole nitrogens is 1. The average Bonchev–Trinajstić information content (AvgIpc) is 3.22. The highest BCUT2D eigenvalue weighted by Crippen LogP contribution is 2.22. The third-order valence-corrected chi connectivity index (χ3v) is 4.68. The van der Waals surface area contributed by atoms with Crippen molar-refractivity contribution < 1.29 is 4.79 Å². The topological polar surface area (TPSA) is 57.8 Å². The zero-order valence-corrected chi connectivity index (χ0v) is 13.6. The molecule has 2 aromatic heterocycles. The molecule has 4 aromatic rings. The predicted octanol–water partition coefficient (Wildman–Crippen LogP) is 4.47. The number of aromatic amines is 1. The van der Waals surface area contributed by atoms with Crippen molar-refractivity contribution >= 4 is 33.3 Å². The van der Waals surface area contributed by atoms with Gasteiger partial charge in [-0.3, -0.25) is 10.1 Å². The maximum atomic E-state index is 12.4. The van der Waals surface area contributed by atoms with Crippen molar-refractivity contribution in [3.05, 3.63) is 83.0 Å². The second kappa shape index (κ2) is 6.29. The molecule has 1 amide bonds. The van der Waals surface area contributed by atoms with Crippen LogP contribution in [0.2, 0.25) is 0 Å². The number of hydrogen-bond acceptors (Lipinski definition) is 3. The molecule has 0 unspecified atom stereocenters. The minimum atomic E-state index is -0.174. The maximum Gasteiger partial charge on any atom is 0.273 e. The third-order valence-electron chi connectivity index (χ3n) is 3.77. The molecule has 0 bridgehead atoms. The first-order valence-corrected chi connectivity index (χ1v) is 8.47. The zero-order valence-electron chi connectivity index (χ0n) is 12.8. The molecule has 0 aliphatic carbocycles. The molecule has 4 nitrogen and oxygen atoms in total. The number of para-hydroxylation sites is 1. The van der Waals surface area contributed by atoms with Crippen molar-refractivity contribution in [2.75, 3.05) is 5.32 Å². The first-order chi connectivity index (χ1) is 11.8. The highest BCUT2D eigenvalue weighted by molar-refractivity contribution is 7.15. The lowest BCUT2D eigenvalue weighted by Crippen LogP contribution is -2.11. The van der Waals surface area contributed by atoms with Gasteiger partial charge in [-0.25, -0.2) is 4.98 Å². The monoisotopic (exact) mass is 333 g/mol. The molecule has 0 saturated carbocycles. The molecule has 2 N–H and O–H groups in total. The van der Waals surface area contributed by atoms with Gasteiger partial charge in [0.1, 0.15) is 5.69 Å². The molecule has 4 rings (SSSR count). The van der Waals surface area contributed by atoms with E-state index in [9.17, 15) is 4.79 Å². The quantitative estimate of drug-likeness (QED) is 0.579. The van der Waals surface area contributed by atoms with Crippen LogP contribution >= 0.6 is 11.3 Å². The lowest BCUT2D eigenvalue weighted by Gasteiger charge is -1.98. The van der Waals surface area contributed by atoms with Crippen LogP contribution in [-0.4, -0.2) is 15.9 Å². The van der Waals surface area contributed by atoms with Crippen LogP contribution in [0, 0.1) is 0 Å². The van der Waals surface area contributed by atoms with Crippen molar-refractivity contribution in [3.8, 4) is 0 Å². The van der Waals surface area contributed by atoms with Crippen LogP contribution in [0.3, 0.4) is 0 Å². The first-order valence-electron chi connectivity index (χ1n) is 7.66. The lowest BCUT2D eigenvalue weighted by atomic mass is 10.1. The van der Waals surface area contributed by atoms with Crippen molar-refractivity contribution in [1.29, 1.82) is 0 Å². The molecule has 0 saturated heterocycles. The largest absolute Gasteiger partial charge is 0.351 e. The number of benzene rings is 2. The summed E-state index contributed by atoms with van der Waals surface area (Å²) in [5.41, 5.74) is 2.72.